The number of aromatic hydroxyl groups is 1. The van der Waals surface area contributed by atoms with Crippen molar-refractivity contribution in [2.45, 2.75) is 4.90 Å². The maximum atomic E-state index is 12.7. The van der Waals surface area contributed by atoms with Crippen LogP contribution in [0, 0.1) is 10.1 Å². The second kappa shape index (κ2) is 7.60. The highest BCUT2D eigenvalue weighted by molar-refractivity contribution is 7.92. The number of phenols is 1. The number of carbonyl (C=O) groups is 1. The number of nitro groups is 1. The Balaban J connectivity index is 1.90. The SMILES string of the molecule is O=C(O)c1ccc(NS(=O)(=O)c2cccc(-c3ccc([N+](=O)[O-])cc3)c2)cc1O. The van der Waals surface area contributed by atoms with Crippen LogP contribution in [-0.4, -0.2) is 29.5 Å². The van der Waals surface area contributed by atoms with Gasteiger partial charge in [-0.25, -0.2) is 13.2 Å². The summed E-state index contributed by atoms with van der Waals surface area (Å²) < 4.78 is 27.6. The largest absolute Gasteiger partial charge is 0.507 e. The summed E-state index contributed by atoms with van der Waals surface area (Å²) in [6.07, 6.45) is 0. The Bertz CT molecular complexity index is 1210. The standard InChI is InChI=1S/C19H14N2O7S/c22-18-11-14(6-9-17(18)19(23)24)20-29(27,28)16-3-1-2-13(10-16)12-4-7-15(8-5-12)21(25)26/h1-11,20,22H,(H,23,24). The number of hydrogen-bond acceptors (Lipinski definition) is 6. The van der Waals surface area contributed by atoms with Gasteiger partial charge in [0, 0.05) is 18.2 Å². The summed E-state index contributed by atoms with van der Waals surface area (Å²) in [7, 11) is -4.03. The van der Waals surface area contributed by atoms with Crippen molar-refractivity contribution in [3.05, 3.63) is 82.4 Å². The average molecular weight is 414 g/mol. The van der Waals surface area contributed by atoms with E-state index in [-0.39, 0.29) is 21.8 Å². The van der Waals surface area contributed by atoms with Crippen LogP contribution in [-0.2, 0) is 10.0 Å². The lowest BCUT2D eigenvalue weighted by molar-refractivity contribution is -0.384. The first kappa shape index (κ1) is 19.8. The molecule has 0 aromatic heterocycles. The molecule has 0 spiro atoms. The van der Waals surface area contributed by atoms with Crippen LogP contribution in [0.5, 0.6) is 5.75 Å². The molecule has 0 heterocycles. The van der Waals surface area contributed by atoms with E-state index in [0.29, 0.717) is 11.1 Å². The molecule has 3 N–H and O–H groups in total. The first-order valence-electron chi connectivity index (χ1n) is 8.11. The molecular formula is C19H14N2O7S. The minimum absolute atomic E-state index is 0.00626. The summed E-state index contributed by atoms with van der Waals surface area (Å²) in [5, 5.41) is 29.4. The van der Waals surface area contributed by atoms with Crippen molar-refractivity contribution in [2.75, 3.05) is 4.72 Å². The Morgan fingerprint density at radius 2 is 1.66 bits per heavy atom. The van der Waals surface area contributed by atoms with Crippen molar-refractivity contribution in [3.8, 4) is 16.9 Å². The Hall–Kier alpha value is -3.92. The molecule has 148 valence electrons. The van der Waals surface area contributed by atoms with Crippen LogP contribution < -0.4 is 4.72 Å². The van der Waals surface area contributed by atoms with Gasteiger partial charge < -0.3 is 10.2 Å². The van der Waals surface area contributed by atoms with Gasteiger partial charge in [0.15, 0.2) is 0 Å². The molecule has 3 aromatic carbocycles. The predicted octanol–water partition coefficient (Wildman–Crippen LogP) is 3.47. The van der Waals surface area contributed by atoms with E-state index in [9.17, 15) is 28.4 Å². The number of sulfonamides is 1. The molecule has 0 amide bonds. The number of rotatable bonds is 6. The molecule has 0 bridgehead atoms. The molecule has 0 unspecified atom stereocenters. The number of benzene rings is 3. The zero-order chi connectivity index (χ0) is 21.2. The van der Waals surface area contributed by atoms with E-state index in [1.165, 1.54) is 48.5 Å². The highest BCUT2D eigenvalue weighted by Gasteiger charge is 2.17. The van der Waals surface area contributed by atoms with Gasteiger partial charge in [0.1, 0.15) is 11.3 Å². The lowest BCUT2D eigenvalue weighted by Crippen LogP contribution is -2.13. The van der Waals surface area contributed by atoms with Gasteiger partial charge in [0.2, 0.25) is 0 Å². The molecule has 0 radical (unpaired) electrons. The summed E-state index contributed by atoms with van der Waals surface area (Å²) in [5.74, 6) is -1.91. The smallest absolute Gasteiger partial charge is 0.339 e. The predicted molar refractivity (Wildman–Crippen MR) is 104 cm³/mol. The molecule has 0 aliphatic carbocycles. The fraction of sp³-hybridized carbons (Fsp3) is 0. The Morgan fingerprint density at radius 1 is 0.966 bits per heavy atom. The fourth-order valence-corrected chi connectivity index (χ4v) is 3.70. The number of nitrogens with zero attached hydrogens (tertiary/aromatic N) is 1. The number of non-ortho nitro benzene ring substituents is 1. The maximum absolute atomic E-state index is 12.7. The van der Waals surface area contributed by atoms with Gasteiger partial charge in [-0.2, -0.15) is 0 Å². The Morgan fingerprint density at radius 3 is 2.24 bits per heavy atom. The second-order valence-corrected chi connectivity index (χ2v) is 7.66. The average Bonchev–Trinajstić information content (AvgIpc) is 2.67. The molecule has 0 saturated heterocycles. The van der Waals surface area contributed by atoms with Crippen molar-refractivity contribution < 1.29 is 28.3 Å². The van der Waals surface area contributed by atoms with E-state index >= 15 is 0 Å². The van der Waals surface area contributed by atoms with E-state index in [0.717, 1.165) is 12.1 Å². The molecule has 10 heteroatoms. The normalized spacial score (nSPS) is 11.0. The number of nitro benzene ring substituents is 1. The van der Waals surface area contributed by atoms with Crippen LogP contribution in [0.15, 0.2) is 71.6 Å². The van der Waals surface area contributed by atoms with E-state index in [1.807, 2.05) is 0 Å². The van der Waals surface area contributed by atoms with Crippen LogP contribution in [0.25, 0.3) is 11.1 Å². The quantitative estimate of drug-likeness (QED) is 0.413. The third-order valence-electron chi connectivity index (χ3n) is 4.04. The van der Waals surface area contributed by atoms with Gasteiger partial charge in [-0.05, 0) is 47.5 Å². The van der Waals surface area contributed by atoms with Crippen molar-refractivity contribution in [1.29, 1.82) is 0 Å². The molecule has 3 aromatic rings. The van der Waals surface area contributed by atoms with E-state index < -0.39 is 26.7 Å². The lowest BCUT2D eigenvalue weighted by Gasteiger charge is -2.11. The summed E-state index contributed by atoms with van der Waals surface area (Å²) in [5.41, 5.74) is 0.688. The molecule has 9 nitrogen and oxygen atoms in total. The monoisotopic (exact) mass is 414 g/mol. The molecule has 0 fully saturated rings. The van der Waals surface area contributed by atoms with E-state index in [2.05, 4.69) is 4.72 Å². The molecular weight excluding hydrogens is 400 g/mol. The van der Waals surface area contributed by atoms with Crippen molar-refractivity contribution >= 4 is 27.4 Å². The zero-order valence-electron chi connectivity index (χ0n) is 14.6. The van der Waals surface area contributed by atoms with E-state index in [4.69, 9.17) is 5.11 Å². The number of hydrogen-bond donors (Lipinski definition) is 3. The summed E-state index contributed by atoms with van der Waals surface area (Å²) in [6, 6.07) is 14.9. The third-order valence-corrected chi connectivity index (χ3v) is 5.42. The first-order valence-corrected chi connectivity index (χ1v) is 9.60. The van der Waals surface area contributed by atoms with Crippen molar-refractivity contribution in [1.82, 2.24) is 0 Å². The summed E-state index contributed by atoms with van der Waals surface area (Å²) in [6.45, 7) is 0. The second-order valence-electron chi connectivity index (χ2n) is 5.97. The highest BCUT2D eigenvalue weighted by Crippen LogP contribution is 2.27. The number of carboxylic acid groups (broad SMARTS) is 1. The molecule has 0 atom stereocenters. The Labute approximate surface area is 165 Å². The van der Waals surface area contributed by atoms with Gasteiger partial charge in [0.05, 0.1) is 15.5 Å². The van der Waals surface area contributed by atoms with Crippen LogP contribution in [0.3, 0.4) is 0 Å². The van der Waals surface area contributed by atoms with Crippen LogP contribution in [0.2, 0.25) is 0 Å². The maximum Gasteiger partial charge on any atom is 0.339 e. The molecule has 0 aliphatic heterocycles. The number of nitrogens with one attached hydrogen (secondary N) is 1. The van der Waals surface area contributed by atoms with Gasteiger partial charge in [0.25, 0.3) is 15.7 Å². The summed E-state index contributed by atoms with van der Waals surface area (Å²) in [4.78, 5) is 21.1. The molecule has 3 rings (SSSR count). The topological polar surface area (TPSA) is 147 Å². The summed E-state index contributed by atoms with van der Waals surface area (Å²) >= 11 is 0. The van der Waals surface area contributed by atoms with Gasteiger partial charge in [-0.3, -0.25) is 14.8 Å². The van der Waals surface area contributed by atoms with Crippen LogP contribution >= 0.6 is 0 Å². The number of anilines is 1. The highest BCUT2D eigenvalue weighted by atomic mass is 32.2. The lowest BCUT2D eigenvalue weighted by atomic mass is 10.1. The Kier molecular flexibility index (Phi) is 5.20. The minimum Gasteiger partial charge on any atom is -0.507 e. The first-order chi connectivity index (χ1) is 13.7. The number of aromatic carboxylic acids is 1. The number of carboxylic acids is 1. The van der Waals surface area contributed by atoms with Crippen LogP contribution in [0.4, 0.5) is 11.4 Å². The fourth-order valence-electron chi connectivity index (χ4n) is 2.61. The molecule has 29 heavy (non-hydrogen) atoms. The molecule has 0 aliphatic rings. The van der Waals surface area contributed by atoms with E-state index in [1.54, 1.807) is 6.07 Å². The van der Waals surface area contributed by atoms with Crippen LogP contribution in [0.1, 0.15) is 10.4 Å². The third kappa shape index (κ3) is 4.33. The van der Waals surface area contributed by atoms with Crippen molar-refractivity contribution in [2.24, 2.45) is 0 Å². The molecule has 0 saturated carbocycles. The van der Waals surface area contributed by atoms with Crippen molar-refractivity contribution in [3.63, 3.8) is 0 Å². The van der Waals surface area contributed by atoms with Gasteiger partial charge in [-0.15, -0.1) is 0 Å². The van der Waals surface area contributed by atoms with Gasteiger partial charge >= 0.3 is 5.97 Å². The van der Waals surface area contributed by atoms with Gasteiger partial charge in [-0.1, -0.05) is 12.1 Å². The minimum atomic E-state index is -4.03. The zero-order valence-corrected chi connectivity index (χ0v) is 15.5.